The number of nitrogens with two attached hydrogens (primary N) is 1. The van der Waals surface area contributed by atoms with Crippen molar-refractivity contribution in [3.05, 3.63) is 83.6 Å². The van der Waals surface area contributed by atoms with E-state index in [-0.39, 0.29) is 41.0 Å². The van der Waals surface area contributed by atoms with E-state index in [0.717, 1.165) is 16.8 Å². The fourth-order valence-electron chi connectivity index (χ4n) is 5.56. The third kappa shape index (κ3) is 5.98. The number of carbonyl (C=O) groups excluding carboxylic acids is 1. The van der Waals surface area contributed by atoms with Gasteiger partial charge in [-0.25, -0.2) is 24.0 Å². The molecule has 2 aliphatic rings. The van der Waals surface area contributed by atoms with Crippen molar-refractivity contribution < 1.29 is 22.7 Å². The molecule has 12 nitrogen and oxygen atoms in total. The van der Waals surface area contributed by atoms with Crippen LogP contribution in [0.5, 0.6) is 5.75 Å². The number of aromatic nitrogens is 6. The van der Waals surface area contributed by atoms with E-state index >= 15 is 0 Å². The van der Waals surface area contributed by atoms with Crippen molar-refractivity contribution in [2.45, 2.75) is 24.6 Å². The van der Waals surface area contributed by atoms with Crippen molar-refractivity contribution in [3.8, 4) is 40.2 Å². The zero-order chi connectivity index (χ0) is 32.9. The molecule has 4 aromatic heterocycles. The molecule has 1 fully saturated rings. The second kappa shape index (κ2) is 11.6. The average Bonchev–Trinajstić information content (AvgIpc) is 3.75. The number of anilines is 3. The first-order chi connectivity index (χ1) is 22.5. The normalized spacial score (nSPS) is 15.2. The molecule has 0 unspecified atom stereocenters. The van der Waals surface area contributed by atoms with Gasteiger partial charge >= 0.3 is 5.57 Å². The van der Waals surface area contributed by atoms with Crippen LogP contribution in [0.25, 0.3) is 28.3 Å². The Kier molecular flexibility index (Phi) is 7.36. The number of pyridine rings is 2. The van der Waals surface area contributed by atoms with Gasteiger partial charge in [-0.05, 0) is 48.9 Å². The van der Waals surface area contributed by atoms with Gasteiger partial charge in [0.25, 0.3) is 11.9 Å². The van der Waals surface area contributed by atoms with E-state index in [4.69, 9.17) is 17.3 Å². The zero-order valence-electron chi connectivity index (χ0n) is 24.2. The molecule has 0 saturated carbocycles. The Morgan fingerprint density at radius 3 is 2.68 bits per heavy atom. The number of nitrogen functional groups attached to an aromatic ring is 1. The quantitative estimate of drug-likeness (QED) is 0.221. The molecular weight excluding hydrogens is 637 g/mol. The number of carbonyl (C=O) groups is 1. The third-order valence-electron chi connectivity index (χ3n) is 7.70. The predicted molar refractivity (Wildman–Crippen MR) is 165 cm³/mol. The van der Waals surface area contributed by atoms with Gasteiger partial charge in [0.05, 0.1) is 23.5 Å². The van der Waals surface area contributed by atoms with Crippen LogP contribution in [0, 0.1) is 11.3 Å². The highest BCUT2D eigenvalue weighted by Gasteiger charge is 2.30. The van der Waals surface area contributed by atoms with E-state index in [1.165, 1.54) is 41.2 Å². The Labute approximate surface area is 269 Å². The van der Waals surface area contributed by atoms with Crippen molar-refractivity contribution in [1.29, 1.82) is 5.26 Å². The molecule has 1 saturated heterocycles. The van der Waals surface area contributed by atoms with Crippen LogP contribution < -0.4 is 20.7 Å². The van der Waals surface area contributed by atoms with E-state index in [9.17, 15) is 23.2 Å². The Bertz CT molecular complexity index is 2080. The molecule has 1 aromatic carbocycles. The number of nitriles is 1. The van der Waals surface area contributed by atoms with Gasteiger partial charge in [-0.3, -0.25) is 9.78 Å². The smallest absolute Gasteiger partial charge is 0.420 e. The maximum absolute atomic E-state index is 14.3. The number of hydrogen-bond acceptors (Lipinski definition) is 10. The highest BCUT2D eigenvalue weighted by Crippen LogP contribution is 2.40. The monoisotopic (exact) mass is 658 g/mol. The lowest BCUT2D eigenvalue weighted by atomic mass is 10.0. The molecule has 0 spiro atoms. The predicted octanol–water partition coefficient (Wildman–Crippen LogP) is 5.11. The van der Waals surface area contributed by atoms with Gasteiger partial charge in [-0.2, -0.15) is 10.4 Å². The number of hydrogen-bond donors (Lipinski definition) is 2. The average molecular weight is 659 g/mol. The Morgan fingerprint density at radius 1 is 1.15 bits per heavy atom. The second-order valence-corrected chi connectivity index (χ2v) is 11.3. The van der Waals surface area contributed by atoms with Crippen molar-refractivity contribution >= 4 is 34.8 Å². The summed E-state index contributed by atoms with van der Waals surface area (Å²) in [5.41, 5.74) is 7.09. The van der Waals surface area contributed by atoms with Crippen molar-refractivity contribution in [3.63, 3.8) is 0 Å². The van der Waals surface area contributed by atoms with Gasteiger partial charge in [-0.15, -0.1) is 8.78 Å². The van der Waals surface area contributed by atoms with E-state index in [1.54, 1.807) is 23.4 Å². The first kappa shape index (κ1) is 29.9. The standard InChI is InChI=1S/C31H22ClF3N10O2/c32-31(34,35)47-21-3-1-19(2-4-21)40-29(46)24-11-22(28(42-27(24)37)44-8-6-18(33)15-44)16-9-23-25(39-13-16)10-17-14-45(43-26(17)23)30-38-7-5-20(12-36)41-30/h1-5,7,9,11,13-14,18H,6,8,10,15H2,(H2,37,42)(H,40,46)/t18-/m1/s1. The molecule has 5 heterocycles. The highest BCUT2D eigenvalue weighted by molar-refractivity contribution is 6.20. The number of rotatable bonds is 7. The summed E-state index contributed by atoms with van der Waals surface area (Å²) in [7, 11) is 0. The molecule has 47 heavy (non-hydrogen) atoms. The molecule has 1 aliphatic heterocycles. The molecule has 3 N–H and O–H groups in total. The number of fused-ring (bicyclic) bond motifs is 3. The molecule has 7 rings (SSSR count). The molecule has 0 bridgehead atoms. The number of benzene rings is 1. The lowest BCUT2D eigenvalue weighted by Crippen LogP contribution is -2.24. The number of alkyl halides is 4. The summed E-state index contributed by atoms with van der Waals surface area (Å²) < 4.78 is 46.1. The number of halogens is 4. The number of nitrogens with zero attached hydrogens (tertiary/aromatic N) is 8. The van der Waals surface area contributed by atoms with Crippen molar-refractivity contribution in [1.82, 2.24) is 29.7 Å². The van der Waals surface area contributed by atoms with Crippen LogP contribution >= 0.6 is 11.6 Å². The lowest BCUT2D eigenvalue weighted by Gasteiger charge is -2.22. The highest BCUT2D eigenvalue weighted by atomic mass is 35.5. The number of ether oxygens (including phenoxy) is 1. The zero-order valence-corrected chi connectivity index (χ0v) is 24.9. The molecule has 1 amide bonds. The second-order valence-electron chi connectivity index (χ2n) is 10.8. The van der Waals surface area contributed by atoms with Crippen LogP contribution in [0.1, 0.15) is 33.7 Å². The summed E-state index contributed by atoms with van der Waals surface area (Å²) in [5, 5.41) is 16.6. The van der Waals surface area contributed by atoms with Gasteiger partial charge in [0.1, 0.15) is 35.3 Å². The molecule has 1 atom stereocenters. The van der Waals surface area contributed by atoms with Crippen LogP contribution in [-0.4, -0.2) is 60.5 Å². The first-order valence-electron chi connectivity index (χ1n) is 14.2. The number of nitrogens with one attached hydrogen (secondary N) is 1. The molecule has 5 aromatic rings. The van der Waals surface area contributed by atoms with Gasteiger partial charge in [-0.1, -0.05) is 0 Å². The van der Waals surface area contributed by atoms with Crippen LogP contribution in [0.2, 0.25) is 0 Å². The topological polar surface area (TPSA) is 161 Å². The lowest BCUT2D eigenvalue weighted by molar-refractivity contribution is -0.0964. The van der Waals surface area contributed by atoms with E-state index in [1.807, 2.05) is 12.1 Å². The van der Waals surface area contributed by atoms with E-state index in [0.29, 0.717) is 42.0 Å². The maximum atomic E-state index is 14.3. The SMILES string of the molecule is N#Cc1ccnc(-n2cc3c(n2)-c2cc(-c4cc(C(=O)Nc5ccc(OC(F)(F)Cl)cc5)c(N)nc4N4CC[C@@H](F)C4)cnc2C3)n1. The molecule has 236 valence electrons. The van der Waals surface area contributed by atoms with Gasteiger partial charge < -0.3 is 20.7 Å². The summed E-state index contributed by atoms with van der Waals surface area (Å²) in [4.78, 5) is 32.9. The summed E-state index contributed by atoms with van der Waals surface area (Å²) >= 11 is 4.82. The Hall–Kier alpha value is -5.75. The van der Waals surface area contributed by atoms with Crippen LogP contribution in [0.3, 0.4) is 0 Å². The minimum Gasteiger partial charge on any atom is -0.420 e. The van der Waals surface area contributed by atoms with Crippen LogP contribution in [-0.2, 0) is 6.42 Å². The summed E-state index contributed by atoms with van der Waals surface area (Å²) in [5.74, 6) is -0.250. The van der Waals surface area contributed by atoms with Crippen molar-refractivity contribution in [2.24, 2.45) is 0 Å². The van der Waals surface area contributed by atoms with E-state index < -0.39 is 17.6 Å². The largest absolute Gasteiger partial charge is 0.487 e. The summed E-state index contributed by atoms with van der Waals surface area (Å²) in [6, 6.07) is 12.1. The number of amides is 1. The van der Waals surface area contributed by atoms with E-state index in [2.05, 4.69) is 35.1 Å². The Balaban J connectivity index is 1.24. The molecular formula is C31H22ClF3N10O2. The third-order valence-corrected chi connectivity index (χ3v) is 7.78. The molecule has 0 radical (unpaired) electrons. The minimum absolute atomic E-state index is 0.0346. The summed E-state index contributed by atoms with van der Waals surface area (Å²) in [6.07, 6.45) is 4.70. The van der Waals surface area contributed by atoms with Gasteiger partial charge in [0.2, 0.25) is 0 Å². The molecule has 16 heteroatoms. The fraction of sp³-hybridized carbons (Fsp3) is 0.194. The van der Waals surface area contributed by atoms with Crippen LogP contribution in [0.4, 0.5) is 30.5 Å². The van der Waals surface area contributed by atoms with Gasteiger partial charge in [0.15, 0.2) is 0 Å². The van der Waals surface area contributed by atoms with Gasteiger partial charge in [0, 0.05) is 71.1 Å². The molecule has 1 aliphatic carbocycles. The first-order valence-corrected chi connectivity index (χ1v) is 14.6. The van der Waals surface area contributed by atoms with Crippen molar-refractivity contribution in [2.75, 3.05) is 29.0 Å². The maximum Gasteiger partial charge on any atom is 0.487 e. The van der Waals surface area contributed by atoms with Crippen LogP contribution in [0.15, 0.2) is 61.1 Å². The fourth-order valence-corrected chi connectivity index (χ4v) is 5.65. The Morgan fingerprint density at radius 2 is 1.96 bits per heavy atom. The minimum atomic E-state index is -3.88. The summed E-state index contributed by atoms with van der Waals surface area (Å²) in [6.45, 7) is 0.506.